The van der Waals surface area contributed by atoms with E-state index in [4.69, 9.17) is 4.42 Å². The fourth-order valence-corrected chi connectivity index (χ4v) is 4.12. The van der Waals surface area contributed by atoms with Gasteiger partial charge in [-0.3, -0.25) is 9.47 Å². The number of oxazole rings is 1. The first kappa shape index (κ1) is 13.7. The number of aromatic nitrogens is 2. The van der Waals surface area contributed by atoms with Crippen molar-refractivity contribution in [2.45, 2.75) is 25.4 Å². The van der Waals surface area contributed by atoms with Crippen molar-refractivity contribution in [1.82, 2.24) is 14.5 Å². The van der Waals surface area contributed by atoms with E-state index in [0.717, 1.165) is 13.1 Å². The van der Waals surface area contributed by atoms with Gasteiger partial charge in [-0.15, -0.1) is 11.3 Å². The molecule has 0 N–H and O–H groups in total. The van der Waals surface area contributed by atoms with Gasteiger partial charge in [0.1, 0.15) is 0 Å². The van der Waals surface area contributed by atoms with Crippen molar-refractivity contribution in [3.63, 3.8) is 0 Å². The van der Waals surface area contributed by atoms with Crippen LogP contribution in [0.2, 0.25) is 0 Å². The molecular weight excluding hydrogens is 298 g/mol. The Hall–Kier alpha value is -1.92. The molecule has 114 valence electrons. The minimum absolute atomic E-state index is 0.319. The Morgan fingerprint density at radius 2 is 2.27 bits per heavy atom. The Labute approximate surface area is 131 Å². The number of thiophene rings is 1. The number of likely N-dealkylation sites (tertiary alicyclic amines) is 1. The predicted molar refractivity (Wildman–Crippen MR) is 86.1 cm³/mol. The number of hydrogen-bond donors (Lipinski definition) is 0. The van der Waals surface area contributed by atoms with Crippen LogP contribution in [0.25, 0.3) is 11.2 Å². The lowest BCUT2D eigenvalue weighted by molar-refractivity contribution is 0.247. The minimum atomic E-state index is -0.319. The first-order valence-electron chi connectivity index (χ1n) is 7.55. The maximum Gasteiger partial charge on any atom is 0.421 e. The number of fused-ring (bicyclic) bond motifs is 1. The fraction of sp³-hybridized carbons (Fsp3) is 0.375. The van der Waals surface area contributed by atoms with Gasteiger partial charge >= 0.3 is 5.76 Å². The second kappa shape index (κ2) is 5.70. The van der Waals surface area contributed by atoms with Crippen LogP contribution in [0.3, 0.4) is 0 Å². The zero-order valence-corrected chi connectivity index (χ0v) is 13.0. The van der Waals surface area contributed by atoms with E-state index < -0.39 is 0 Å². The molecule has 4 rings (SSSR count). The standard InChI is InChI=1S/C16H17N3O2S/c20-16-19(15-13(21-16)5-1-7-17-15)10-9-18-8-2-4-12(18)14-6-3-11-22-14/h1,3,5-7,11-12H,2,4,8-10H2. The maximum atomic E-state index is 12.0. The lowest BCUT2D eigenvalue weighted by Gasteiger charge is -2.23. The molecule has 0 amide bonds. The normalized spacial score (nSPS) is 19.2. The van der Waals surface area contributed by atoms with Crippen molar-refractivity contribution < 1.29 is 4.42 Å². The largest absolute Gasteiger partial charge is 0.421 e. The SMILES string of the molecule is O=c1oc2cccnc2n1CCN1CCCC1c1cccs1. The average Bonchev–Trinajstić information content (AvgIpc) is 3.24. The molecule has 1 unspecified atom stereocenters. The highest BCUT2D eigenvalue weighted by Crippen LogP contribution is 2.34. The maximum absolute atomic E-state index is 12.0. The molecule has 6 heteroatoms. The van der Waals surface area contributed by atoms with E-state index in [1.165, 1.54) is 17.7 Å². The van der Waals surface area contributed by atoms with E-state index in [1.54, 1.807) is 22.9 Å². The molecule has 0 spiro atoms. The zero-order chi connectivity index (χ0) is 14.9. The van der Waals surface area contributed by atoms with E-state index in [0.29, 0.717) is 23.8 Å². The van der Waals surface area contributed by atoms with Crippen LogP contribution in [0.4, 0.5) is 0 Å². The van der Waals surface area contributed by atoms with Gasteiger partial charge in [-0.2, -0.15) is 0 Å². The van der Waals surface area contributed by atoms with Gasteiger partial charge in [-0.1, -0.05) is 6.07 Å². The number of nitrogens with zero attached hydrogens (tertiary/aromatic N) is 3. The van der Waals surface area contributed by atoms with Crippen molar-refractivity contribution in [2.24, 2.45) is 0 Å². The summed E-state index contributed by atoms with van der Waals surface area (Å²) in [4.78, 5) is 20.1. The van der Waals surface area contributed by atoms with Crippen LogP contribution in [0.1, 0.15) is 23.8 Å². The topological polar surface area (TPSA) is 51.3 Å². The van der Waals surface area contributed by atoms with Crippen molar-refractivity contribution >= 4 is 22.6 Å². The van der Waals surface area contributed by atoms with Crippen LogP contribution >= 0.6 is 11.3 Å². The van der Waals surface area contributed by atoms with Crippen LogP contribution in [0, 0.1) is 0 Å². The Balaban J connectivity index is 1.54. The van der Waals surface area contributed by atoms with Crippen LogP contribution in [0.5, 0.6) is 0 Å². The molecule has 0 aromatic carbocycles. The molecule has 4 heterocycles. The lowest BCUT2D eigenvalue weighted by Crippen LogP contribution is -2.29. The molecule has 1 aliphatic rings. The van der Waals surface area contributed by atoms with Crippen LogP contribution in [-0.2, 0) is 6.54 Å². The number of hydrogen-bond acceptors (Lipinski definition) is 5. The summed E-state index contributed by atoms with van der Waals surface area (Å²) in [5.74, 6) is -0.319. The molecule has 1 saturated heterocycles. The molecule has 0 aliphatic carbocycles. The summed E-state index contributed by atoms with van der Waals surface area (Å²) in [6.45, 7) is 2.54. The third-order valence-corrected chi connectivity index (χ3v) is 5.24. The van der Waals surface area contributed by atoms with Gasteiger partial charge in [0.15, 0.2) is 11.2 Å². The fourth-order valence-electron chi connectivity index (χ4n) is 3.22. The average molecular weight is 315 g/mol. The van der Waals surface area contributed by atoms with Crippen molar-refractivity contribution in [1.29, 1.82) is 0 Å². The summed E-state index contributed by atoms with van der Waals surface area (Å²) in [7, 11) is 0. The summed E-state index contributed by atoms with van der Waals surface area (Å²) in [6, 6.07) is 8.36. The molecule has 1 fully saturated rings. The predicted octanol–water partition coefficient (Wildman–Crippen LogP) is 2.89. The molecule has 22 heavy (non-hydrogen) atoms. The smallest absolute Gasteiger partial charge is 0.406 e. The summed E-state index contributed by atoms with van der Waals surface area (Å²) in [5, 5.41) is 2.13. The molecule has 0 bridgehead atoms. The molecule has 3 aromatic heterocycles. The van der Waals surface area contributed by atoms with Crippen LogP contribution in [0.15, 0.2) is 45.1 Å². The van der Waals surface area contributed by atoms with Crippen LogP contribution < -0.4 is 5.76 Å². The van der Waals surface area contributed by atoms with Gasteiger partial charge in [0.05, 0.1) is 0 Å². The van der Waals surface area contributed by atoms with Crippen molar-refractivity contribution in [2.75, 3.05) is 13.1 Å². The summed E-state index contributed by atoms with van der Waals surface area (Å²) >= 11 is 1.81. The molecule has 3 aromatic rings. The van der Waals surface area contributed by atoms with Gasteiger partial charge in [0.25, 0.3) is 0 Å². The van der Waals surface area contributed by atoms with Gasteiger partial charge in [-0.05, 0) is 43.0 Å². The third-order valence-electron chi connectivity index (χ3n) is 4.27. The first-order valence-corrected chi connectivity index (χ1v) is 8.43. The Morgan fingerprint density at radius 3 is 3.14 bits per heavy atom. The number of rotatable bonds is 4. The molecular formula is C16H17N3O2S. The van der Waals surface area contributed by atoms with Gasteiger partial charge in [0.2, 0.25) is 0 Å². The van der Waals surface area contributed by atoms with Gasteiger partial charge in [0, 0.05) is 30.2 Å². The van der Waals surface area contributed by atoms with E-state index in [-0.39, 0.29) is 5.76 Å². The second-order valence-corrected chi connectivity index (χ2v) is 6.53. The Kier molecular flexibility index (Phi) is 3.56. The Morgan fingerprint density at radius 1 is 1.32 bits per heavy atom. The summed E-state index contributed by atoms with van der Waals surface area (Å²) in [6.07, 6.45) is 4.10. The first-order chi connectivity index (χ1) is 10.8. The highest BCUT2D eigenvalue weighted by Gasteiger charge is 2.26. The van der Waals surface area contributed by atoms with Crippen LogP contribution in [-0.4, -0.2) is 27.5 Å². The van der Waals surface area contributed by atoms with E-state index in [2.05, 4.69) is 27.4 Å². The van der Waals surface area contributed by atoms with Gasteiger partial charge < -0.3 is 4.42 Å². The number of pyridine rings is 1. The van der Waals surface area contributed by atoms with E-state index in [1.807, 2.05) is 11.3 Å². The van der Waals surface area contributed by atoms with Gasteiger partial charge in [-0.25, -0.2) is 9.78 Å². The molecule has 0 radical (unpaired) electrons. The quantitative estimate of drug-likeness (QED) is 0.743. The zero-order valence-electron chi connectivity index (χ0n) is 12.1. The highest BCUT2D eigenvalue weighted by molar-refractivity contribution is 7.10. The highest BCUT2D eigenvalue weighted by atomic mass is 32.1. The molecule has 5 nitrogen and oxygen atoms in total. The van der Waals surface area contributed by atoms with E-state index >= 15 is 0 Å². The van der Waals surface area contributed by atoms with Crippen molar-refractivity contribution in [3.05, 3.63) is 51.3 Å². The monoisotopic (exact) mass is 315 g/mol. The summed E-state index contributed by atoms with van der Waals surface area (Å²) < 4.78 is 6.88. The molecule has 0 saturated carbocycles. The van der Waals surface area contributed by atoms with Crippen molar-refractivity contribution in [3.8, 4) is 0 Å². The minimum Gasteiger partial charge on any atom is -0.406 e. The molecule has 1 aliphatic heterocycles. The third kappa shape index (κ3) is 2.38. The second-order valence-electron chi connectivity index (χ2n) is 5.55. The Bertz CT molecular complexity index is 821. The van der Waals surface area contributed by atoms with E-state index in [9.17, 15) is 4.79 Å². The lowest BCUT2D eigenvalue weighted by atomic mass is 10.2. The summed E-state index contributed by atoms with van der Waals surface area (Å²) in [5.41, 5.74) is 1.20. The molecule has 1 atom stereocenters.